The van der Waals surface area contributed by atoms with E-state index in [1.54, 1.807) is 28.0 Å². The lowest BCUT2D eigenvalue weighted by atomic mass is 10.0. The smallest absolute Gasteiger partial charge is 0.134 e. The number of aliphatic hydroxyl groups excluding tert-OH is 1. The van der Waals surface area contributed by atoms with Gasteiger partial charge >= 0.3 is 0 Å². The van der Waals surface area contributed by atoms with Crippen molar-refractivity contribution in [3.8, 4) is 5.69 Å². The van der Waals surface area contributed by atoms with E-state index in [1.165, 1.54) is 0 Å². The molecule has 6 nitrogen and oxygen atoms in total. The quantitative estimate of drug-likeness (QED) is 0.384. The van der Waals surface area contributed by atoms with Crippen molar-refractivity contribution in [2.45, 2.75) is 12.5 Å². The predicted octanol–water partition coefficient (Wildman–Crippen LogP) is 4.73. The standard InChI is InChI=1S/C24H17Cl2N5O/c1-30-14-27-13-21(30)23(32)16-5-8-20-18(12-16)22(25)19(24(26)29-20)11-15-3-6-17(7-4-15)31-10-2-9-28-31/h3-9,12-14,23,32H,11H2,1H3. The third kappa shape index (κ3) is 3.71. The Kier molecular flexibility index (Phi) is 5.32. The Morgan fingerprint density at radius 3 is 2.62 bits per heavy atom. The number of imidazole rings is 1. The van der Waals surface area contributed by atoms with E-state index in [0.29, 0.717) is 33.4 Å². The molecular weight excluding hydrogens is 445 g/mol. The van der Waals surface area contributed by atoms with Crippen LogP contribution in [-0.4, -0.2) is 29.4 Å². The summed E-state index contributed by atoms with van der Waals surface area (Å²) in [6, 6.07) is 16.2. The number of aryl methyl sites for hydroxylation is 1. The van der Waals surface area contributed by atoms with E-state index in [9.17, 15) is 5.11 Å². The first-order valence-electron chi connectivity index (χ1n) is 9.86. The van der Waals surface area contributed by atoms with Crippen LogP contribution >= 0.6 is 23.2 Å². The van der Waals surface area contributed by atoms with E-state index in [4.69, 9.17) is 23.2 Å². The fraction of sp³-hybridized carbons (Fsp3) is 0.125. The van der Waals surface area contributed by atoms with Gasteiger partial charge in [-0.25, -0.2) is 9.97 Å². The molecule has 0 saturated heterocycles. The molecule has 0 aliphatic carbocycles. The molecule has 0 amide bonds. The molecule has 0 spiro atoms. The molecular formula is C24H17Cl2N5O. The highest BCUT2D eigenvalue weighted by Gasteiger charge is 2.18. The summed E-state index contributed by atoms with van der Waals surface area (Å²) in [5.74, 6) is 0. The van der Waals surface area contributed by atoms with E-state index >= 15 is 0 Å². The molecule has 1 unspecified atom stereocenters. The molecule has 158 valence electrons. The zero-order chi connectivity index (χ0) is 22.2. The summed E-state index contributed by atoms with van der Waals surface area (Å²) >= 11 is 13.3. The zero-order valence-corrected chi connectivity index (χ0v) is 18.5. The maximum absolute atomic E-state index is 10.8. The Balaban J connectivity index is 1.50. The Hall–Kier alpha value is -3.37. The largest absolute Gasteiger partial charge is 0.382 e. The molecule has 2 aromatic carbocycles. The number of rotatable bonds is 5. The summed E-state index contributed by atoms with van der Waals surface area (Å²) in [6.45, 7) is 0. The lowest BCUT2D eigenvalue weighted by Gasteiger charge is -2.15. The van der Waals surface area contributed by atoms with Crippen LogP contribution in [0, 0.1) is 12.3 Å². The first kappa shape index (κ1) is 20.5. The fourth-order valence-electron chi connectivity index (χ4n) is 3.67. The summed E-state index contributed by atoms with van der Waals surface area (Å²) in [4.78, 5) is 8.61. The zero-order valence-electron chi connectivity index (χ0n) is 17.0. The van der Waals surface area contributed by atoms with Crippen LogP contribution in [0.1, 0.15) is 28.5 Å². The molecule has 32 heavy (non-hydrogen) atoms. The van der Waals surface area contributed by atoms with Gasteiger partial charge in [-0.15, -0.1) is 0 Å². The lowest BCUT2D eigenvalue weighted by Crippen LogP contribution is -2.05. The van der Waals surface area contributed by atoms with E-state index in [-0.39, 0.29) is 0 Å². The molecule has 0 radical (unpaired) electrons. The van der Waals surface area contributed by atoms with Crippen molar-refractivity contribution in [1.82, 2.24) is 24.3 Å². The van der Waals surface area contributed by atoms with Gasteiger partial charge < -0.3 is 9.67 Å². The molecule has 0 fully saturated rings. The summed E-state index contributed by atoms with van der Waals surface area (Å²) in [6.07, 6.45) is 7.44. The second-order valence-electron chi connectivity index (χ2n) is 7.46. The summed E-state index contributed by atoms with van der Waals surface area (Å²) in [5.41, 5.74) is 4.72. The average Bonchev–Trinajstić information content (AvgIpc) is 3.48. The number of nitrogens with zero attached hydrogens (tertiary/aromatic N) is 5. The SMILES string of the molecule is Cn1cncc1C(O)c1ccc2nc(Cl)c(Cc3ccc(-n4c#ccn4)cc3)c(Cl)c2c1. The second kappa shape index (κ2) is 8.29. The topological polar surface area (TPSA) is 68.8 Å². The minimum atomic E-state index is -0.828. The molecule has 5 aromatic rings. The number of hydrogen-bond acceptors (Lipinski definition) is 4. The van der Waals surface area contributed by atoms with Gasteiger partial charge in [-0.05, 0) is 41.5 Å². The number of hydrogen-bond donors (Lipinski definition) is 1. The molecule has 0 aliphatic rings. The van der Waals surface area contributed by atoms with Crippen molar-refractivity contribution in [2.24, 2.45) is 7.05 Å². The monoisotopic (exact) mass is 461 g/mol. The van der Waals surface area contributed by atoms with Crippen molar-refractivity contribution in [3.05, 3.63) is 106 Å². The number of benzene rings is 2. The maximum Gasteiger partial charge on any atom is 0.134 e. The maximum atomic E-state index is 10.8. The van der Waals surface area contributed by atoms with E-state index in [0.717, 1.165) is 22.2 Å². The van der Waals surface area contributed by atoms with Gasteiger partial charge in [0.25, 0.3) is 0 Å². The first-order valence-corrected chi connectivity index (χ1v) is 10.6. The van der Waals surface area contributed by atoms with Gasteiger partial charge in [0.2, 0.25) is 0 Å². The minimum Gasteiger partial charge on any atom is -0.382 e. The van der Waals surface area contributed by atoms with Gasteiger partial charge in [0.15, 0.2) is 0 Å². The minimum absolute atomic E-state index is 0.363. The van der Waals surface area contributed by atoms with E-state index in [1.807, 2.05) is 49.5 Å². The Morgan fingerprint density at radius 2 is 1.94 bits per heavy atom. The van der Waals surface area contributed by atoms with Crippen LogP contribution in [0.5, 0.6) is 0 Å². The second-order valence-corrected chi connectivity index (χ2v) is 8.20. The molecule has 1 atom stereocenters. The van der Waals surface area contributed by atoms with Crippen LogP contribution in [0.4, 0.5) is 0 Å². The van der Waals surface area contributed by atoms with Gasteiger partial charge in [-0.2, -0.15) is 9.78 Å². The van der Waals surface area contributed by atoms with Crippen LogP contribution in [0.3, 0.4) is 0 Å². The number of halogens is 2. The normalized spacial score (nSPS) is 12.1. The molecule has 5 rings (SSSR count). The van der Waals surface area contributed by atoms with Gasteiger partial charge in [0.05, 0.1) is 34.4 Å². The van der Waals surface area contributed by atoms with Crippen molar-refractivity contribution in [1.29, 1.82) is 0 Å². The Labute approximate surface area is 194 Å². The van der Waals surface area contributed by atoms with Gasteiger partial charge in [0, 0.05) is 30.6 Å². The first-order chi connectivity index (χ1) is 15.5. The third-order valence-electron chi connectivity index (χ3n) is 5.41. The van der Waals surface area contributed by atoms with Crippen LogP contribution < -0.4 is 0 Å². The molecule has 8 heteroatoms. The lowest BCUT2D eigenvalue weighted by molar-refractivity contribution is 0.211. The highest BCUT2D eigenvalue weighted by Crippen LogP contribution is 2.35. The van der Waals surface area contributed by atoms with Crippen molar-refractivity contribution in [3.63, 3.8) is 0 Å². The molecule has 0 saturated carbocycles. The van der Waals surface area contributed by atoms with Crippen LogP contribution in [-0.2, 0) is 13.5 Å². The highest BCUT2D eigenvalue weighted by molar-refractivity contribution is 6.39. The van der Waals surface area contributed by atoms with Gasteiger partial charge in [-0.1, -0.05) is 41.4 Å². The Bertz CT molecular complexity index is 1390. The number of pyridine rings is 1. The van der Waals surface area contributed by atoms with Gasteiger partial charge in [-0.3, -0.25) is 0 Å². The Morgan fingerprint density at radius 1 is 1.12 bits per heavy atom. The van der Waals surface area contributed by atoms with Crippen molar-refractivity contribution < 1.29 is 5.11 Å². The summed E-state index contributed by atoms with van der Waals surface area (Å²) < 4.78 is 3.40. The van der Waals surface area contributed by atoms with Crippen molar-refractivity contribution in [2.75, 3.05) is 0 Å². The molecule has 1 N–H and O–H groups in total. The fourth-order valence-corrected chi connectivity index (χ4v) is 4.28. The van der Waals surface area contributed by atoms with E-state index < -0.39 is 6.10 Å². The van der Waals surface area contributed by atoms with Crippen LogP contribution in [0.15, 0.2) is 61.2 Å². The average molecular weight is 462 g/mol. The van der Waals surface area contributed by atoms with Crippen LogP contribution in [0.2, 0.25) is 10.2 Å². The summed E-state index contributed by atoms with van der Waals surface area (Å²) in [5, 5.41) is 16.6. The number of aliphatic hydroxyl groups is 1. The van der Waals surface area contributed by atoms with Gasteiger partial charge in [0.1, 0.15) is 17.5 Å². The van der Waals surface area contributed by atoms with E-state index in [2.05, 4.69) is 27.3 Å². The number of aromatic nitrogens is 5. The third-order valence-corrected chi connectivity index (χ3v) is 6.15. The molecule has 0 aliphatic heterocycles. The van der Waals surface area contributed by atoms with Crippen LogP contribution in [0.25, 0.3) is 16.6 Å². The molecule has 0 bridgehead atoms. The highest BCUT2D eigenvalue weighted by atomic mass is 35.5. The summed E-state index contributed by atoms with van der Waals surface area (Å²) in [7, 11) is 1.84. The molecule has 3 aromatic heterocycles. The van der Waals surface area contributed by atoms with Crippen molar-refractivity contribution >= 4 is 34.1 Å². The molecule has 3 heterocycles. The number of fused-ring (bicyclic) bond motifs is 1. The predicted molar refractivity (Wildman–Crippen MR) is 123 cm³/mol.